The van der Waals surface area contributed by atoms with Crippen molar-refractivity contribution in [1.82, 2.24) is 15.1 Å². The van der Waals surface area contributed by atoms with Crippen LogP contribution in [0.3, 0.4) is 0 Å². The highest BCUT2D eigenvalue weighted by atomic mass is 35.5. The fraction of sp³-hybridized carbons (Fsp3) is 0.115. The average Bonchev–Trinajstić information content (AvgIpc) is 3.25. The number of halogens is 1. The maximum absolute atomic E-state index is 13.0. The number of hydrogen-bond donors (Lipinski definition) is 3. The van der Waals surface area contributed by atoms with Gasteiger partial charge >= 0.3 is 5.97 Å². The van der Waals surface area contributed by atoms with E-state index in [9.17, 15) is 19.5 Å². The van der Waals surface area contributed by atoms with E-state index >= 15 is 0 Å². The van der Waals surface area contributed by atoms with Crippen molar-refractivity contribution < 1.29 is 19.4 Å². The summed E-state index contributed by atoms with van der Waals surface area (Å²) in [5.41, 5.74) is 2.21. The van der Waals surface area contributed by atoms with Gasteiger partial charge in [0.15, 0.2) is 0 Å². The van der Waals surface area contributed by atoms with E-state index in [-0.39, 0.29) is 12.1 Å². The molecule has 35 heavy (non-hydrogen) atoms. The van der Waals surface area contributed by atoms with Crippen molar-refractivity contribution in [2.75, 3.05) is 7.11 Å². The third kappa shape index (κ3) is 5.28. The third-order valence-electron chi connectivity index (χ3n) is 5.46. The summed E-state index contributed by atoms with van der Waals surface area (Å²) in [6.07, 6.45) is -0.387. The first kappa shape index (κ1) is 23.8. The molecule has 1 heterocycles. The van der Waals surface area contributed by atoms with E-state index < -0.39 is 23.5 Å². The molecule has 0 spiro atoms. The molecule has 8 nitrogen and oxygen atoms in total. The van der Waals surface area contributed by atoms with Crippen molar-refractivity contribution in [2.45, 2.75) is 12.5 Å². The Balaban J connectivity index is 1.65. The molecule has 1 amide bonds. The van der Waals surface area contributed by atoms with Crippen LogP contribution < -0.4 is 15.6 Å². The Morgan fingerprint density at radius 3 is 2.43 bits per heavy atom. The van der Waals surface area contributed by atoms with Crippen LogP contribution in [0.15, 0.2) is 83.7 Å². The predicted molar refractivity (Wildman–Crippen MR) is 132 cm³/mol. The minimum Gasteiger partial charge on any atom is -0.496 e. The van der Waals surface area contributed by atoms with Crippen molar-refractivity contribution in [2.24, 2.45) is 0 Å². The number of benzene rings is 3. The lowest BCUT2D eigenvalue weighted by Gasteiger charge is -2.20. The van der Waals surface area contributed by atoms with E-state index in [1.54, 1.807) is 36.4 Å². The van der Waals surface area contributed by atoms with E-state index in [2.05, 4.69) is 10.4 Å². The molecule has 1 atom stereocenters. The van der Waals surface area contributed by atoms with Crippen molar-refractivity contribution in [1.29, 1.82) is 0 Å². The quantitative estimate of drug-likeness (QED) is 0.337. The summed E-state index contributed by atoms with van der Waals surface area (Å²) in [6, 6.07) is 21.9. The van der Waals surface area contributed by atoms with Gasteiger partial charge in [-0.15, -0.1) is 0 Å². The fourth-order valence-electron chi connectivity index (χ4n) is 3.78. The molecule has 0 fully saturated rings. The smallest absolute Gasteiger partial charge is 0.305 e. The largest absolute Gasteiger partial charge is 0.496 e. The monoisotopic (exact) mass is 491 g/mol. The minimum atomic E-state index is -1.10. The van der Waals surface area contributed by atoms with E-state index in [1.165, 1.54) is 7.11 Å². The topological polar surface area (TPSA) is 113 Å². The van der Waals surface area contributed by atoms with E-state index in [0.29, 0.717) is 22.0 Å². The number of carbonyl (C=O) groups excluding carboxylic acids is 1. The van der Waals surface area contributed by atoms with Gasteiger partial charge in [0.25, 0.3) is 11.5 Å². The molecule has 4 aromatic rings. The molecule has 4 rings (SSSR count). The van der Waals surface area contributed by atoms with Crippen molar-refractivity contribution >= 4 is 23.5 Å². The van der Waals surface area contributed by atoms with E-state index in [0.717, 1.165) is 21.9 Å². The van der Waals surface area contributed by atoms with Gasteiger partial charge < -0.3 is 15.2 Å². The molecule has 0 aliphatic rings. The molecule has 0 saturated heterocycles. The summed E-state index contributed by atoms with van der Waals surface area (Å²) >= 11 is 6.17. The Morgan fingerprint density at radius 1 is 1.03 bits per heavy atom. The van der Waals surface area contributed by atoms with Crippen LogP contribution in [0.1, 0.15) is 28.5 Å². The predicted octanol–water partition coefficient (Wildman–Crippen LogP) is 4.44. The Morgan fingerprint density at radius 2 is 1.74 bits per heavy atom. The van der Waals surface area contributed by atoms with Gasteiger partial charge in [-0.25, -0.2) is 4.68 Å². The van der Waals surface area contributed by atoms with Gasteiger partial charge in [-0.3, -0.25) is 19.5 Å². The summed E-state index contributed by atoms with van der Waals surface area (Å²) in [7, 11) is 1.48. The Kier molecular flexibility index (Phi) is 7.03. The van der Waals surface area contributed by atoms with Gasteiger partial charge in [0.05, 0.1) is 30.3 Å². The molecule has 0 aliphatic heterocycles. The highest BCUT2D eigenvalue weighted by Crippen LogP contribution is 2.32. The summed E-state index contributed by atoms with van der Waals surface area (Å²) in [6.45, 7) is 0. The number of nitrogens with zero attached hydrogens (tertiary/aromatic N) is 1. The molecule has 0 saturated carbocycles. The number of methoxy groups -OCH3 is 1. The minimum absolute atomic E-state index is 0.0369. The second-order valence-corrected chi connectivity index (χ2v) is 8.15. The normalized spacial score (nSPS) is 11.6. The number of carboxylic acid groups (broad SMARTS) is 1. The average molecular weight is 492 g/mol. The number of ether oxygens (including phenoxy) is 1. The van der Waals surface area contributed by atoms with Crippen molar-refractivity contribution in [3.8, 4) is 22.6 Å². The van der Waals surface area contributed by atoms with Gasteiger partial charge in [0.2, 0.25) is 0 Å². The second kappa shape index (κ2) is 10.3. The molecule has 9 heteroatoms. The molecular formula is C26H22ClN3O5. The van der Waals surface area contributed by atoms with Gasteiger partial charge in [-0.05, 0) is 29.3 Å². The first-order valence-electron chi connectivity index (χ1n) is 10.7. The molecular weight excluding hydrogens is 470 g/mol. The van der Waals surface area contributed by atoms with Crippen LogP contribution >= 0.6 is 11.6 Å². The number of aromatic nitrogens is 2. The number of amides is 1. The van der Waals surface area contributed by atoms with Crippen LogP contribution in [0.25, 0.3) is 16.8 Å². The van der Waals surface area contributed by atoms with Gasteiger partial charge in [0.1, 0.15) is 11.4 Å². The first-order chi connectivity index (χ1) is 16.9. The fourth-order valence-corrected chi connectivity index (χ4v) is 4.00. The maximum atomic E-state index is 13.0. The number of hydrogen-bond acceptors (Lipinski definition) is 4. The zero-order valence-electron chi connectivity index (χ0n) is 18.7. The molecule has 3 N–H and O–H groups in total. The van der Waals surface area contributed by atoms with Crippen LogP contribution in [0.2, 0.25) is 5.02 Å². The van der Waals surface area contributed by atoms with Crippen LogP contribution in [-0.4, -0.2) is 33.9 Å². The number of nitrogens with one attached hydrogen (secondary N) is 2. The number of H-pyrrole nitrogens is 1. The molecule has 178 valence electrons. The summed E-state index contributed by atoms with van der Waals surface area (Å²) in [5.74, 6) is -1.32. The van der Waals surface area contributed by atoms with Crippen LogP contribution in [0, 0.1) is 0 Å². The lowest BCUT2D eigenvalue weighted by molar-refractivity contribution is -0.137. The highest BCUT2D eigenvalue weighted by Gasteiger charge is 2.24. The van der Waals surface area contributed by atoms with Gasteiger partial charge in [-0.2, -0.15) is 0 Å². The molecule has 0 bridgehead atoms. The zero-order valence-corrected chi connectivity index (χ0v) is 19.5. The van der Waals surface area contributed by atoms with Crippen LogP contribution in [0.4, 0.5) is 0 Å². The molecule has 3 aromatic carbocycles. The summed E-state index contributed by atoms with van der Waals surface area (Å²) in [5, 5.41) is 15.3. The zero-order chi connectivity index (χ0) is 24.9. The maximum Gasteiger partial charge on any atom is 0.305 e. The Hall–Kier alpha value is -4.30. The Labute approximate surface area is 205 Å². The molecule has 1 unspecified atom stereocenters. The number of para-hydroxylation sites is 1. The van der Waals surface area contributed by atoms with E-state index in [1.807, 2.05) is 36.4 Å². The summed E-state index contributed by atoms with van der Waals surface area (Å²) in [4.78, 5) is 37.1. The van der Waals surface area contributed by atoms with Gasteiger partial charge in [-0.1, -0.05) is 66.2 Å². The van der Waals surface area contributed by atoms with Gasteiger partial charge in [0, 0.05) is 11.6 Å². The van der Waals surface area contributed by atoms with Crippen LogP contribution in [-0.2, 0) is 4.79 Å². The molecule has 0 radical (unpaired) electrons. The number of aliphatic carboxylic acids is 1. The molecule has 0 aliphatic carbocycles. The number of carboxylic acids is 1. The van der Waals surface area contributed by atoms with Crippen molar-refractivity contribution in [3.63, 3.8) is 0 Å². The lowest BCUT2D eigenvalue weighted by atomic mass is 9.97. The number of carbonyl (C=O) groups is 2. The van der Waals surface area contributed by atoms with Crippen LogP contribution in [0.5, 0.6) is 5.75 Å². The number of rotatable bonds is 8. The standard InChI is InChI=1S/C26H22ClN3O5/c1-35-23-13-17(16-7-3-2-4-8-16)11-12-18(23)20(15-25(32)33)28-26(34)21-14-24(31)30(29-21)22-10-6-5-9-19(22)27/h2-14,20,29H,15H2,1H3,(H,28,34)(H,32,33). The SMILES string of the molecule is COc1cc(-c2ccccc2)ccc1C(CC(=O)O)NC(=O)c1cc(=O)n(-c2ccccc2Cl)[nH]1. The lowest BCUT2D eigenvalue weighted by Crippen LogP contribution is -2.31. The van der Waals surface area contributed by atoms with Crippen molar-refractivity contribution in [3.05, 3.63) is 105 Å². The number of aromatic amines is 1. The summed E-state index contributed by atoms with van der Waals surface area (Å²) < 4.78 is 6.68. The third-order valence-corrected chi connectivity index (χ3v) is 5.78. The van der Waals surface area contributed by atoms with E-state index in [4.69, 9.17) is 16.3 Å². The second-order valence-electron chi connectivity index (χ2n) is 7.74. The highest BCUT2D eigenvalue weighted by molar-refractivity contribution is 6.32. The molecule has 1 aromatic heterocycles. The Bertz CT molecular complexity index is 1430. The first-order valence-corrected chi connectivity index (χ1v) is 11.1.